The molecule has 0 unspecified atom stereocenters. The van der Waals surface area contributed by atoms with Crippen molar-refractivity contribution in [3.63, 3.8) is 0 Å². The van der Waals surface area contributed by atoms with E-state index < -0.39 is 10.0 Å². The molecule has 0 spiro atoms. The quantitative estimate of drug-likeness (QED) is 0.773. The van der Waals surface area contributed by atoms with Gasteiger partial charge in [-0.25, -0.2) is 8.42 Å². The molecule has 1 rings (SSSR count). The van der Waals surface area contributed by atoms with Crippen LogP contribution in [0.3, 0.4) is 0 Å². The number of nitrogens with one attached hydrogen (secondary N) is 2. The number of amides is 1. The monoisotopic (exact) mass is 282 g/mol. The van der Waals surface area contributed by atoms with Crippen LogP contribution in [0.5, 0.6) is 5.75 Å². The molecule has 7 heteroatoms. The van der Waals surface area contributed by atoms with Gasteiger partial charge in [-0.2, -0.15) is 4.72 Å². The molecule has 6 nitrogen and oxygen atoms in total. The smallest absolute Gasteiger partial charge is 0.241 e. The third kappa shape index (κ3) is 3.98. The summed E-state index contributed by atoms with van der Waals surface area (Å²) < 4.78 is 31.0. The van der Waals surface area contributed by atoms with Gasteiger partial charge in [0.1, 0.15) is 5.75 Å². The Bertz CT molecular complexity index is 617. The largest absolute Gasteiger partial charge is 0.495 e. The van der Waals surface area contributed by atoms with E-state index in [1.54, 1.807) is 0 Å². The maximum Gasteiger partial charge on any atom is 0.241 e. The number of sulfonamides is 1. The first-order chi connectivity index (χ1) is 8.90. The van der Waals surface area contributed by atoms with Crippen molar-refractivity contribution in [2.75, 3.05) is 19.0 Å². The van der Waals surface area contributed by atoms with Gasteiger partial charge in [0.15, 0.2) is 0 Å². The SMILES string of the molecule is C#CCNS(=O)(=O)c1ccc(NC(C)=O)c(OC)c1. The number of carbonyl (C=O) groups is 1. The van der Waals surface area contributed by atoms with Gasteiger partial charge in [0.2, 0.25) is 15.9 Å². The zero-order valence-corrected chi connectivity index (χ0v) is 11.4. The van der Waals surface area contributed by atoms with Gasteiger partial charge in [-0.05, 0) is 12.1 Å². The molecule has 102 valence electrons. The summed E-state index contributed by atoms with van der Waals surface area (Å²) in [5, 5.41) is 2.53. The molecule has 0 radical (unpaired) electrons. The summed E-state index contributed by atoms with van der Waals surface area (Å²) in [5.74, 6) is 2.15. The average Bonchev–Trinajstić information content (AvgIpc) is 2.36. The van der Waals surface area contributed by atoms with Gasteiger partial charge in [0.25, 0.3) is 0 Å². The zero-order chi connectivity index (χ0) is 14.5. The minimum absolute atomic E-state index is 0.00806. The van der Waals surface area contributed by atoms with Crippen LogP contribution in [-0.4, -0.2) is 28.0 Å². The number of carbonyl (C=O) groups excluding carboxylic acids is 1. The van der Waals surface area contributed by atoms with Crippen LogP contribution in [-0.2, 0) is 14.8 Å². The summed E-state index contributed by atoms with van der Waals surface area (Å²) in [6, 6.07) is 4.11. The predicted octanol–water partition coefficient (Wildman–Crippen LogP) is 0.565. The number of ether oxygens (including phenoxy) is 1. The lowest BCUT2D eigenvalue weighted by molar-refractivity contribution is -0.114. The minimum atomic E-state index is -3.69. The van der Waals surface area contributed by atoms with Gasteiger partial charge in [-0.15, -0.1) is 6.42 Å². The van der Waals surface area contributed by atoms with Crippen molar-refractivity contribution < 1.29 is 17.9 Å². The molecule has 0 aliphatic rings. The fourth-order valence-electron chi connectivity index (χ4n) is 1.35. The van der Waals surface area contributed by atoms with Crippen molar-refractivity contribution in [2.45, 2.75) is 11.8 Å². The number of hydrogen-bond donors (Lipinski definition) is 2. The Morgan fingerprint density at radius 2 is 2.16 bits per heavy atom. The van der Waals surface area contributed by atoms with E-state index in [9.17, 15) is 13.2 Å². The van der Waals surface area contributed by atoms with Crippen LogP contribution in [0.1, 0.15) is 6.92 Å². The highest BCUT2D eigenvalue weighted by Gasteiger charge is 2.16. The predicted molar refractivity (Wildman–Crippen MR) is 71.3 cm³/mol. The number of terminal acetylenes is 1. The van der Waals surface area contributed by atoms with Gasteiger partial charge in [-0.1, -0.05) is 5.92 Å². The van der Waals surface area contributed by atoms with Crippen LogP contribution >= 0.6 is 0 Å². The van der Waals surface area contributed by atoms with Crippen LogP contribution < -0.4 is 14.8 Å². The Labute approximate surface area is 112 Å². The van der Waals surface area contributed by atoms with Crippen molar-refractivity contribution in [3.05, 3.63) is 18.2 Å². The average molecular weight is 282 g/mol. The molecule has 0 heterocycles. The summed E-state index contributed by atoms with van der Waals surface area (Å²) in [5.41, 5.74) is 0.394. The first kappa shape index (κ1) is 15.0. The molecule has 0 aromatic heterocycles. The molecule has 1 aromatic rings. The van der Waals surface area contributed by atoms with Crippen molar-refractivity contribution in [1.29, 1.82) is 0 Å². The van der Waals surface area contributed by atoms with Gasteiger partial charge in [0.05, 0.1) is 24.2 Å². The highest BCUT2D eigenvalue weighted by Crippen LogP contribution is 2.27. The Morgan fingerprint density at radius 1 is 1.47 bits per heavy atom. The molecular formula is C12H14N2O4S. The summed E-state index contributed by atoms with van der Waals surface area (Å²) in [6.07, 6.45) is 5.00. The first-order valence-corrected chi connectivity index (χ1v) is 6.78. The highest BCUT2D eigenvalue weighted by molar-refractivity contribution is 7.89. The lowest BCUT2D eigenvalue weighted by atomic mass is 10.3. The Kier molecular flexibility index (Phi) is 4.92. The molecule has 2 N–H and O–H groups in total. The first-order valence-electron chi connectivity index (χ1n) is 5.29. The fraction of sp³-hybridized carbons (Fsp3) is 0.250. The number of methoxy groups -OCH3 is 1. The minimum Gasteiger partial charge on any atom is -0.495 e. The van der Waals surface area contributed by atoms with Gasteiger partial charge < -0.3 is 10.1 Å². The standard InChI is InChI=1S/C12H14N2O4S/c1-4-7-13-19(16,17)10-5-6-11(14-9(2)15)12(8-10)18-3/h1,5-6,8,13H,7H2,2-3H3,(H,14,15). The van der Waals surface area contributed by atoms with Crippen LogP contribution in [0.15, 0.2) is 23.1 Å². The molecule has 0 saturated heterocycles. The van der Waals surface area contributed by atoms with Gasteiger partial charge in [0, 0.05) is 13.0 Å². The molecule has 0 atom stereocenters. The van der Waals surface area contributed by atoms with E-state index in [-0.39, 0.29) is 23.1 Å². The molecule has 19 heavy (non-hydrogen) atoms. The van der Waals surface area contributed by atoms with E-state index in [2.05, 4.69) is 16.0 Å². The van der Waals surface area contributed by atoms with E-state index in [0.29, 0.717) is 5.69 Å². The van der Waals surface area contributed by atoms with Crippen molar-refractivity contribution in [3.8, 4) is 18.1 Å². The van der Waals surface area contributed by atoms with Crippen LogP contribution in [0.25, 0.3) is 0 Å². The molecule has 0 saturated carbocycles. The van der Waals surface area contributed by atoms with Crippen LogP contribution in [0.2, 0.25) is 0 Å². The van der Waals surface area contributed by atoms with Crippen molar-refractivity contribution >= 4 is 21.6 Å². The second kappa shape index (κ2) is 6.22. The van der Waals surface area contributed by atoms with Gasteiger partial charge >= 0.3 is 0 Å². The van der Waals surface area contributed by atoms with Gasteiger partial charge in [-0.3, -0.25) is 4.79 Å². The molecule has 0 fully saturated rings. The van der Waals surface area contributed by atoms with Crippen molar-refractivity contribution in [1.82, 2.24) is 4.72 Å². The third-order valence-corrected chi connectivity index (χ3v) is 3.56. The number of benzene rings is 1. The lowest BCUT2D eigenvalue weighted by Gasteiger charge is -2.11. The number of rotatable bonds is 5. The van der Waals surface area contributed by atoms with E-state index in [4.69, 9.17) is 11.2 Å². The maximum atomic E-state index is 11.8. The third-order valence-electron chi connectivity index (χ3n) is 2.16. The van der Waals surface area contributed by atoms with E-state index >= 15 is 0 Å². The fourth-order valence-corrected chi connectivity index (χ4v) is 2.30. The molecule has 1 amide bonds. The molecule has 1 aromatic carbocycles. The van der Waals surface area contributed by atoms with Crippen LogP contribution in [0, 0.1) is 12.3 Å². The Morgan fingerprint density at radius 3 is 2.68 bits per heavy atom. The maximum absolute atomic E-state index is 11.8. The zero-order valence-electron chi connectivity index (χ0n) is 10.6. The molecule has 0 aliphatic carbocycles. The highest BCUT2D eigenvalue weighted by atomic mass is 32.2. The number of hydrogen-bond acceptors (Lipinski definition) is 4. The second-order valence-corrected chi connectivity index (χ2v) is 5.34. The summed E-state index contributed by atoms with van der Waals surface area (Å²) in [7, 11) is -2.30. The van der Waals surface area contributed by atoms with Crippen LogP contribution in [0.4, 0.5) is 5.69 Å². The van der Waals surface area contributed by atoms with E-state index in [1.165, 1.54) is 32.2 Å². The summed E-state index contributed by atoms with van der Waals surface area (Å²) in [4.78, 5) is 11.0. The van der Waals surface area contributed by atoms with E-state index in [0.717, 1.165) is 0 Å². The van der Waals surface area contributed by atoms with E-state index in [1.807, 2.05) is 0 Å². The lowest BCUT2D eigenvalue weighted by Crippen LogP contribution is -2.24. The normalized spacial score (nSPS) is 10.6. The molecular weight excluding hydrogens is 268 g/mol. The summed E-state index contributed by atoms with van der Waals surface area (Å²) in [6.45, 7) is 1.25. The molecule has 0 bridgehead atoms. The molecule has 0 aliphatic heterocycles. The Balaban J connectivity index is 3.13. The summed E-state index contributed by atoms with van der Waals surface area (Å²) >= 11 is 0. The second-order valence-electron chi connectivity index (χ2n) is 3.57. The number of anilines is 1. The topological polar surface area (TPSA) is 84.5 Å². The Hall–Kier alpha value is -2.04. The van der Waals surface area contributed by atoms with Crippen molar-refractivity contribution in [2.24, 2.45) is 0 Å².